The molecule has 3 rings (SSSR count). The Morgan fingerprint density at radius 3 is 2.48 bits per heavy atom. The van der Waals surface area contributed by atoms with Gasteiger partial charge >= 0.3 is 13.3 Å². The number of nitrogens with one attached hydrogen (secondary N) is 1. The van der Waals surface area contributed by atoms with Crippen LogP contribution in [0.2, 0.25) is 0 Å². The van der Waals surface area contributed by atoms with Crippen LogP contribution in [0.1, 0.15) is 15.9 Å². The van der Waals surface area contributed by atoms with Crippen LogP contribution in [0.5, 0.6) is 5.75 Å². The van der Waals surface area contributed by atoms with Crippen LogP contribution in [0.25, 0.3) is 10.9 Å². The van der Waals surface area contributed by atoms with Crippen molar-refractivity contribution in [3.05, 3.63) is 71.4 Å². The summed E-state index contributed by atoms with van der Waals surface area (Å²) < 4.78 is 37.5. The first-order chi connectivity index (χ1) is 14.8. The van der Waals surface area contributed by atoms with E-state index in [1.54, 1.807) is 12.1 Å². The quantitative estimate of drug-likeness (QED) is 0.383. The van der Waals surface area contributed by atoms with Crippen molar-refractivity contribution < 1.29 is 37.8 Å². The molecule has 3 aromatic rings. The highest BCUT2D eigenvalue weighted by molar-refractivity contribution is 6.34. The number of aromatic nitrogens is 1. The van der Waals surface area contributed by atoms with Crippen molar-refractivity contribution >= 4 is 30.1 Å². The molecule has 0 radical (unpaired) electrons. The Bertz CT molecular complexity index is 1110. The first-order valence-electron chi connectivity index (χ1n) is 9.04. The van der Waals surface area contributed by atoms with E-state index in [1.165, 1.54) is 18.3 Å². The summed E-state index contributed by atoms with van der Waals surface area (Å²) in [7, 11) is -0.946. The zero-order valence-electron chi connectivity index (χ0n) is 16.2. The van der Waals surface area contributed by atoms with Gasteiger partial charge in [-0.3, -0.25) is 9.78 Å². The van der Waals surface area contributed by atoms with E-state index >= 15 is 0 Å². The van der Waals surface area contributed by atoms with E-state index in [0.717, 1.165) is 25.3 Å². The van der Waals surface area contributed by atoms with Gasteiger partial charge in [0, 0.05) is 18.0 Å². The summed E-state index contributed by atoms with van der Waals surface area (Å²) in [6.45, 7) is 0. The lowest BCUT2D eigenvalue weighted by molar-refractivity contribution is -0.142. The number of hydrogen-bond acceptors (Lipinski definition) is 7. The van der Waals surface area contributed by atoms with Gasteiger partial charge in [0.1, 0.15) is 34.5 Å². The highest BCUT2D eigenvalue weighted by Gasteiger charge is 2.27. The molecule has 2 aromatic carbocycles. The molecule has 1 heterocycles. The number of methoxy groups -OCH3 is 1. The summed E-state index contributed by atoms with van der Waals surface area (Å²) in [4.78, 5) is 28.9. The number of benzene rings is 2. The second kappa shape index (κ2) is 9.50. The van der Waals surface area contributed by atoms with Gasteiger partial charge in [-0.15, -0.1) is 0 Å². The molecule has 3 N–H and O–H groups in total. The number of nitrogens with zero attached hydrogens (tertiary/aromatic N) is 1. The molecule has 0 saturated carbocycles. The number of carbonyl (C=O) groups is 2. The number of rotatable bonds is 7. The predicted octanol–water partition coefficient (Wildman–Crippen LogP) is 1.38. The molecule has 0 spiro atoms. The number of hydrogen-bond donors (Lipinski definition) is 3. The van der Waals surface area contributed by atoms with Gasteiger partial charge in [0.15, 0.2) is 0 Å². The van der Waals surface area contributed by atoms with Gasteiger partial charge < -0.3 is 24.8 Å². The summed E-state index contributed by atoms with van der Waals surface area (Å²) in [5.74, 6) is -3.99. The predicted molar refractivity (Wildman–Crippen MR) is 106 cm³/mol. The highest BCUT2D eigenvalue weighted by atomic mass is 19.1. The molecule has 160 valence electrons. The monoisotopic (exact) mass is 430 g/mol. The Kier molecular flexibility index (Phi) is 6.78. The van der Waals surface area contributed by atoms with Crippen molar-refractivity contribution in [2.45, 2.75) is 12.5 Å². The van der Waals surface area contributed by atoms with Crippen molar-refractivity contribution in [3.63, 3.8) is 0 Å². The van der Waals surface area contributed by atoms with Gasteiger partial charge in [-0.2, -0.15) is 0 Å². The number of amides is 1. The van der Waals surface area contributed by atoms with Gasteiger partial charge in [0.05, 0.1) is 7.11 Å². The minimum Gasteiger partial charge on any atom is -0.510 e. The fraction of sp³-hybridized carbons (Fsp3) is 0.150. The molecule has 0 aliphatic heterocycles. The van der Waals surface area contributed by atoms with Crippen LogP contribution in [0.4, 0.5) is 8.78 Å². The van der Waals surface area contributed by atoms with Gasteiger partial charge in [-0.05, 0) is 29.8 Å². The number of ether oxygens (including phenoxy) is 1. The molecule has 0 fully saturated rings. The molecule has 31 heavy (non-hydrogen) atoms. The lowest BCUT2D eigenvalue weighted by atomic mass is 9.99. The number of carbonyl (C=O) groups excluding carboxylic acids is 2. The number of fused-ring (bicyclic) bond motifs is 1. The summed E-state index contributed by atoms with van der Waals surface area (Å²) in [5, 5.41) is 20.9. The lowest BCUT2D eigenvalue weighted by Crippen LogP contribution is -2.43. The van der Waals surface area contributed by atoms with Gasteiger partial charge in [0.2, 0.25) is 0 Å². The van der Waals surface area contributed by atoms with Crippen LogP contribution in [0, 0.1) is 11.6 Å². The summed E-state index contributed by atoms with van der Waals surface area (Å²) in [5.41, 5.74) is -0.0145. The SMILES string of the molecule is COC(=O)[C@H](Cc1ccc(OB(O)O)c2ncccc12)NC(=O)c1c(F)cccc1F. The van der Waals surface area contributed by atoms with E-state index in [4.69, 9.17) is 19.4 Å². The Labute approximate surface area is 175 Å². The third-order valence-electron chi connectivity index (χ3n) is 4.46. The molecule has 1 atom stereocenters. The fourth-order valence-corrected chi connectivity index (χ4v) is 3.09. The zero-order chi connectivity index (χ0) is 22.5. The minimum atomic E-state index is -2.06. The van der Waals surface area contributed by atoms with E-state index in [9.17, 15) is 18.4 Å². The Hall–Kier alpha value is -3.57. The van der Waals surface area contributed by atoms with Crippen LogP contribution in [-0.2, 0) is 16.0 Å². The molecule has 1 amide bonds. The lowest BCUT2D eigenvalue weighted by Gasteiger charge is -2.19. The molecule has 11 heteroatoms. The Morgan fingerprint density at radius 2 is 1.84 bits per heavy atom. The Morgan fingerprint density at radius 1 is 1.13 bits per heavy atom. The molecule has 1 aromatic heterocycles. The van der Waals surface area contributed by atoms with Crippen LogP contribution < -0.4 is 9.97 Å². The normalized spacial score (nSPS) is 11.6. The van der Waals surface area contributed by atoms with Crippen molar-refractivity contribution in [3.8, 4) is 5.75 Å². The van der Waals surface area contributed by atoms with Crippen molar-refractivity contribution in [1.29, 1.82) is 0 Å². The minimum absolute atomic E-state index is 0.0847. The van der Waals surface area contributed by atoms with E-state index < -0.39 is 42.4 Å². The van der Waals surface area contributed by atoms with Crippen molar-refractivity contribution in [2.75, 3.05) is 7.11 Å². The maximum absolute atomic E-state index is 13.9. The third-order valence-corrected chi connectivity index (χ3v) is 4.46. The average Bonchev–Trinajstić information content (AvgIpc) is 2.73. The standard InChI is InChI=1S/C20H17BF2N2O6/c1-30-20(27)15(25-19(26)17-13(22)5-2-6-14(17)23)10-11-7-8-16(31-21(28)29)18-12(11)4-3-9-24-18/h2-9,15,28-29H,10H2,1H3,(H,25,26)/t15-/m0/s1. The summed E-state index contributed by atoms with van der Waals surface area (Å²) >= 11 is 0. The van der Waals surface area contributed by atoms with Gasteiger partial charge in [-0.1, -0.05) is 18.2 Å². The topological polar surface area (TPSA) is 118 Å². The van der Waals surface area contributed by atoms with Crippen molar-refractivity contribution in [2.24, 2.45) is 0 Å². The summed E-state index contributed by atoms with van der Waals surface area (Å²) in [6, 6.07) is 7.93. The molecule has 0 aliphatic rings. The highest BCUT2D eigenvalue weighted by Crippen LogP contribution is 2.28. The Balaban J connectivity index is 1.94. The van der Waals surface area contributed by atoms with Crippen LogP contribution in [0.15, 0.2) is 48.7 Å². The second-order valence-electron chi connectivity index (χ2n) is 6.42. The van der Waals surface area contributed by atoms with Crippen molar-refractivity contribution in [1.82, 2.24) is 10.3 Å². The number of pyridine rings is 1. The molecule has 0 bridgehead atoms. The van der Waals surface area contributed by atoms with Gasteiger partial charge in [-0.25, -0.2) is 13.6 Å². The average molecular weight is 430 g/mol. The first kappa shape index (κ1) is 22.1. The molecule has 0 aliphatic carbocycles. The zero-order valence-corrected chi connectivity index (χ0v) is 16.2. The third kappa shape index (κ3) is 4.96. The number of esters is 1. The van der Waals surface area contributed by atoms with E-state index in [0.29, 0.717) is 10.9 Å². The van der Waals surface area contributed by atoms with E-state index in [-0.39, 0.29) is 17.7 Å². The fourth-order valence-electron chi connectivity index (χ4n) is 3.09. The van der Waals surface area contributed by atoms with E-state index in [2.05, 4.69) is 10.3 Å². The first-order valence-corrected chi connectivity index (χ1v) is 9.04. The smallest absolute Gasteiger partial charge is 0.510 e. The second-order valence-corrected chi connectivity index (χ2v) is 6.42. The molecular formula is C20H17BF2N2O6. The maximum atomic E-state index is 13.9. The maximum Gasteiger partial charge on any atom is 0.707 e. The molecule has 0 saturated heterocycles. The number of halogens is 2. The molecule has 8 nitrogen and oxygen atoms in total. The van der Waals surface area contributed by atoms with Gasteiger partial charge in [0.25, 0.3) is 5.91 Å². The molecule has 0 unspecified atom stereocenters. The largest absolute Gasteiger partial charge is 0.707 e. The van der Waals surface area contributed by atoms with Crippen LogP contribution >= 0.6 is 0 Å². The van der Waals surface area contributed by atoms with E-state index in [1.807, 2.05) is 0 Å². The van der Waals surface area contributed by atoms with Crippen LogP contribution in [0.3, 0.4) is 0 Å². The molecular weight excluding hydrogens is 413 g/mol. The summed E-state index contributed by atoms with van der Waals surface area (Å²) in [6.07, 6.45) is 1.36. The van der Waals surface area contributed by atoms with Crippen LogP contribution in [-0.4, -0.2) is 47.4 Å².